The first kappa shape index (κ1) is 30.5. The zero-order chi connectivity index (χ0) is 30.0. The van der Waals surface area contributed by atoms with E-state index in [1.807, 2.05) is 6.92 Å². The fraction of sp³-hybridized carbons (Fsp3) is 0.444. The first-order valence-corrected chi connectivity index (χ1v) is 14.6. The van der Waals surface area contributed by atoms with Gasteiger partial charge < -0.3 is 20.1 Å². The molecule has 2 aromatic rings. The van der Waals surface area contributed by atoms with Crippen LogP contribution < -0.4 is 10.1 Å². The molecule has 0 radical (unpaired) electrons. The summed E-state index contributed by atoms with van der Waals surface area (Å²) in [4.78, 5) is 31.3. The standard InChI is InChI=1S/C27H31F3N4O6S/c1-18-6-7-21(24(36)33(2)13-14-35)16-19(18)8-15-41(38,39)34-11-9-26(10-12-34)25(37)31-23(32-26)20-4-3-5-22(17-20)40-27(28,29)30/h3-7,16-17,35H,8-15H2,1-2H3,(H,31,32,37). The van der Waals surface area contributed by atoms with Gasteiger partial charge in [0.2, 0.25) is 10.0 Å². The SMILES string of the molecule is Cc1ccc(C(=O)N(C)CCO)cc1CCS(=O)(=O)N1CCC2(CC1)N=C(c1cccc(OC(F)(F)F)c1)NC2=O. The third-order valence-corrected chi connectivity index (χ3v) is 9.14. The van der Waals surface area contributed by atoms with E-state index < -0.39 is 33.6 Å². The number of amides is 2. The van der Waals surface area contributed by atoms with Gasteiger partial charge in [0.25, 0.3) is 11.8 Å². The summed E-state index contributed by atoms with van der Waals surface area (Å²) < 4.78 is 69.5. The number of rotatable bonds is 9. The average molecular weight is 597 g/mol. The van der Waals surface area contributed by atoms with Crippen molar-refractivity contribution in [3.05, 3.63) is 64.7 Å². The van der Waals surface area contributed by atoms with Crippen LogP contribution in [-0.2, 0) is 21.2 Å². The van der Waals surface area contributed by atoms with Gasteiger partial charge in [-0.2, -0.15) is 0 Å². The number of likely N-dealkylation sites (N-methyl/N-ethyl adjacent to an activating group) is 1. The average Bonchev–Trinajstić information content (AvgIpc) is 3.22. The van der Waals surface area contributed by atoms with Gasteiger partial charge in [-0.3, -0.25) is 14.6 Å². The Bertz CT molecular complexity index is 1450. The molecule has 2 aliphatic heterocycles. The molecule has 2 aromatic carbocycles. The van der Waals surface area contributed by atoms with Crippen molar-refractivity contribution in [2.45, 2.75) is 38.1 Å². The first-order valence-electron chi connectivity index (χ1n) is 12.9. The molecule has 2 aliphatic rings. The van der Waals surface area contributed by atoms with Gasteiger partial charge in [0.15, 0.2) is 0 Å². The van der Waals surface area contributed by atoms with Crippen LogP contribution >= 0.6 is 0 Å². The van der Waals surface area contributed by atoms with Crippen LogP contribution in [0.2, 0.25) is 0 Å². The number of carbonyl (C=O) groups is 2. The molecule has 0 aliphatic carbocycles. The normalized spacial score (nSPS) is 17.3. The van der Waals surface area contributed by atoms with E-state index in [1.54, 1.807) is 25.2 Å². The van der Waals surface area contributed by atoms with E-state index in [-0.39, 0.29) is 68.6 Å². The highest BCUT2D eigenvalue weighted by atomic mass is 32.2. The molecule has 0 unspecified atom stereocenters. The summed E-state index contributed by atoms with van der Waals surface area (Å²) in [7, 11) is -2.13. The number of nitrogens with zero attached hydrogens (tertiary/aromatic N) is 3. The predicted molar refractivity (Wildman–Crippen MR) is 144 cm³/mol. The molecule has 41 heavy (non-hydrogen) atoms. The molecule has 14 heteroatoms. The van der Waals surface area contributed by atoms with Gasteiger partial charge in [0.1, 0.15) is 17.1 Å². The minimum absolute atomic E-state index is 0.0488. The van der Waals surface area contributed by atoms with Gasteiger partial charge in [-0.15, -0.1) is 13.2 Å². The Morgan fingerprint density at radius 2 is 1.90 bits per heavy atom. The Labute approximate surface area is 235 Å². The third kappa shape index (κ3) is 7.05. The van der Waals surface area contributed by atoms with Crippen molar-refractivity contribution in [1.82, 2.24) is 14.5 Å². The number of carbonyl (C=O) groups excluding carboxylic acids is 2. The monoisotopic (exact) mass is 596 g/mol. The van der Waals surface area contributed by atoms with Crippen LogP contribution in [0.4, 0.5) is 13.2 Å². The summed E-state index contributed by atoms with van der Waals surface area (Å²) in [6, 6.07) is 10.2. The summed E-state index contributed by atoms with van der Waals surface area (Å²) in [6.45, 7) is 1.93. The molecule has 4 rings (SSSR count). The van der Waals surface area contributed by atoms with Gasteiger partial charge in [-0.05, 0) is 61.6 Å². The highest BCUT2D eigenvalue weighted by molar-refractivity contribution is 7.89. The molecular formula is C27H31F3N4O6S. The predicted octanol–water partition coefficient (Wildman–Crippen LogP) is 2.24. The second-order valence-electron chi connectivity index (χ2n) is 10.1. The number of aliphatic hydroxyl groups excluding tert-OH is 1. The van der Waals surface area contributed by atoms with Crippen molar-refractivity contribution in [3.8, 4) is 5.75 Å². The number of halogens is 3. The fourth-order valence-corrected chi connectivity index (χ4v) is 6.36. The molecule has 1 saturated heterocycles. The summed E-state index contributed by atoms with van der Waals surface area (Å²) in [5.74, 6) is -1.25. The van der Waals surface area contributed by atoms with Gasteiger partial charge in [0, 0.05) is 37.8 Å². The van der Waals surface area contributed by atoms with Crippen LogP contribution in [0, 0.1) is 6.92 Å². The van der Waals surface area contributed by atoms with Crippen molar-refractivity contribution < 1.29 is 41.0 Å². The molecule has 0 saturated carbocycles. The lowest BCUT2D eigenvalue weighted by molar-refractivity contribution is -0.274. The van der Waals surface area contributed by atoms with E-state index in [0.29, 0.717) is 11.1 Å². The van der Waals surface area contributed by atoms with E-state index in [4.69, 9.17) is 5.11 Å². The number of amidine groups is 1. The second-order valence-corrected chi connectivity index (χ2v) is 12.2. The third-order valence-electron chi connectivity index (χ3n) is 7.27. The number of aryl methyl sites for hydroxylation is 2. The van der Waals surface area contributed by atoms with Crippen molar-refractivity contribution in [1.29, 1.82) is 0 Å². The minimum Gasteiger partial charge on any atom is -0.406 e. The molecule has 0 bridgehead atoms. The number of benzene rings is 2. The maximum Gasteiger partial charge on any atom is 0.573 e. The topological polar surface area (TPSA) is 129 Å². The van der Waals surface area contributed by atoms with Gasteiger partial charge in [-0.1, -0.05) is 18.2 Å². The van der Waals surface area contributed by atoms with Crippen molar-refractivity contribution in [2.75, 3.05) is 39.0 Å². The molecule has 2 amide bonds. The first-order chi connectivity index (χ1) is 19.2. The van der Waals surface area contributed by atoms with Gasteiger partial charge >= 0.3 is 6.36 Å². The molecule has 1 fully saturated rings. The minimum atomic E-state index is -4.87. The van der Waals surface area contributed by atoms with Crippen LogP contribution in [0.15, 0.2) is 47.5 Å². The van der Waals surface area contributed by atoms with Crippen LogP contribution in [0.5, 0.6) is 5.75 Å². The van der Waals surface area contributed by atoms with E-state index in [1.165, 1.54) is 21.3 Å². The number of sulfonamides is 1. The van der Waals surface area contributed by atoms with Gasteiger partial charge in [-0.25, -0.2) is 12.7 Å². The smallest absolute Gasteiger partial charge is 0.406 e. The Morgan fingerprint density at radius 1 is 1.20 bits per heavy atom. The zero-order valence-electron chi connectivity index (χ0n) is 22.6. The molecule has 0 aromatic heterocycles. The van der Waals surface area contributed by atoms with Crippen LogP contribution in [0.25, 0.3) is 0 Å². The van der Waals surface area contributed by atoms with Crippen LogP contribution in [-0.4, -0.2) is 91.3 Å². The van der Waals surface area contributed by atoms with E-state index in [2.05, 4.69) is 15.0 Å². The number of alkyl halides is 3. The van der Waals surface area contributed by atoms with Crippen molar-refractivity contribution in [3.63, 3.8) is 0 Å². The second kappa shape index (κ2) is 11.8. The Balaban J connectivity index is 1.41. The number of nitrogens with one attached hydrogen (secondary N) is 1. The van der Waals surface area contributed by atoms with Crippen molar-refractivity contribution >= 4 is 27.7 Å². The largest absolute Gasteiger partial charge is 0.573 e. The maximum atomic E-state index is 13.2. The van der Waals surface area contributed by atoms with Crippen LogP contribution in [0.3, 0.4) is 0 Å². The molecular weight excluding hydrogens is 565 g/mol. The Morgan fingerprint density at radius 3 is 2.56 bits per heavy atom. The lowest BCUT2D eigenvalue weighted by Gasteiger charge is -2.34. The summed E-state index contributed by atoms with van der Waals surface area (Å²) in [5.41, 5.74) is 0.981. The summed E-state index contributed by atoms with van der Waals surface area (Å²) in [5, 5.41) is 11.7. The summed E-state index contributed by atoms with van der Waals surface area (Å²) >= 11 is 0. The lowest BCUT2D eigenvalue weighted by Crippen LogP contribution is -2.50. The van der Waals surface area contributed by atoms with Crippen LogP contribution in [0.1, 0.15) is 39.9 Å². The number of piperidine rings is 1. The molecule has 10 nitrogen and oxygen atoms in total. The number of hydrogen-bond donors (Lipinski definition) is 2. The van der Waals surface area contributed by atoms with Crippen molar-refractivity contribution in [2.24, 2.45) is 4.99 Å². The zero-order valence-corrected chi connectivity index (χ0v) is 23.4. The number of ether oxygens (including phenoxy) is 1. The Kier molecular flexibility index (Phi) is 8.76. The summed E-state index contributed by atoms with van der Waals surface area (Å²) in [6.07, 6.45) is -4.46. The number of aliphatic imine (C=N–C) groups is 1. The molecule has 222 valence electrons. The molecule has 2 N–H and O–H groups in total. The molecule has 1 spiro atoms. The maximum absolute atomic E-state index is 13.2. The number of hydrogen-bond acceptors (Lipinski definition) is 7. The Hall–Kier alpha value is -3.49. The van der Waals surface area contributed by atoms with Gasteiger partial charge in [0.05, 0.1) is 12.4 Å². The van der Waals surface area contributed by atoms with E-state index >= 15 is 0 Å². The quantitative estimate of drug-likeness (QED) is 0.457. The van der Waals surface area contributed by atoms with E-state index in [0.717, 1.165) is 17.7 Å². The highest BCUT2D eigenvalue weighted by Gasteiger charge is 2.47. The molecule has 2 heterocycles. The molecule has 0 atom stereocenters. The van der Waals surface area contributed by atoms with E-state index in [9.17, 15) is 31.2 Å². The highest BCUT2D eigenvalue weighted by Crippen LogP contribution is 2.33. The lowest BCUT2D eigenvalue weighted by atomic mass is 9.89. The fourth-order valence-electron chi connectivity index (χ4n) is 4.88. The number of aliphatic hydroxyl groups is 1.